The van der Waals surface area contributed by atoms with Crippen molar-refractivity contribution in [2.45, 2.75) is 26.9 Å². The molecule has 0 bridgehead atoms. The maximum atomic E-state index is 13.3. The predicted octanol–water partition coefficient (Wildman–Crippen LogP) is 2.51. The molecule has 0 aliphatic heterocycles. The van der Waals surface area contributed by atoms with Gasteiger partial charge < -0.3 is 15.7 Å². The van der Waals surface area contributed by atoms with Gasteiger partial charge in [0.2, 0.25) is 0 Å². The summed E-state index contributed by atoms with van der Waals surface area (Å²) in [5.41, 5.74) is 5.64. The normalized spacial score (nSPS) is 12.7. The number of benzene rings is 1. The van der Waals surface area contributed by atoms with Crippen LogP contribution in [0, 0.1) is 11.2 Å². The third kappa shape index (κ3) is 4.00. The zero-order valence-electron chi connectivity index (χ0n) is 10.7. The van der Waals surface area contributed by atoms with Gasteiger partial charge in [-0.05, 0) is 12.5 Å². The van der Waals surface area contributed by atoms with Crippen LogP contribution in [0.4, 0.5) is 4.39 Å². The van der Waals surface area contributed by atoms with E-state index in [-0.39, 0.29) is 18.3 Å². The Hall–Kier alpha value is -1.62. The summed E-state index contributed by atoms with van der Waals surface area (Å²) in [5.74, 6) is -0.106. The molecular formula is C13H19FN2O2. The minimum absolute atomic E-state index is 0.164. The van der Waals surface area contributed by atoms with Crippen LogP contribution in [0.2, 0.25) is 0 Å². The Kier molecular flexibility index (Phi) is 5.09. The van der Waals surface area contributed by atoms with Crippen LogP contribution in [-0.2, 0) is 11.3 Å². The van der Waals surface area contributed by atoms with Gasteiger partial charge in [-0.3, -0.25) is 0 Å². The molecule has 1 rings (SSSR count). The lowest BCUT2D eigenvalue weighted by Crippen LogP contribution is -2.33. The average molecular weight is 254 g/mol. The molecule has 0 saturated heterocycles. The van der Waals surface area contributed by atoms with E-state index in [9.17, 15) is 4.39 Å². The van der Waals surface area contributed by atoms with Crippen LogP contribution in [0.3, 0.4) is 0 Å². The van der Waals surface area contributed by atoms with E-state index in [1.165, 1.54) is 6.07 Å². The molecule has 1 aromatic carbocycles. The maximum Gasteiger partial charge on any atom is 0.144 e. The van der Waals surface area contributed by atoms with Crippen LogP contribution in [0.5, 0.6) is 0 Å². The fourth-order valence-corrected chi connectivity index (χ4v) is 1.39. The summed E-state index contributed by atoms with van der Waals surface area (Å²) < 4.78 is 18.7. The third-order valence-electron chi connectivity index (χ3n) is 2.89. The molecule has 0 atom stereocenters. The van der Waals surface area contributed by atoms with Crippen molar-refractivity contribution in [1.29, 1.82) is 0 Å². The molecule has 0 aromatic heterocycles. The van der Waals surface area contributed by atoms with Gasteiger partial charge in [0, 0.05) is 17.6 Å². The van der Waals surface area contributed by atoms with E-state index in [1.807, 2.05) is 13.8 Å². The van der Waals surface area contributed by atoms with E-state index < -0.39 is 5.41 Å². The zero-order valence-corrected chi connectivity index (χ0v) is 10.7. The standard InChI is InChI=1S/C13H19FN2O2/c1-13(2,12(15)16-17)7-8-18-9-10-5-3-4-6-11(10)14/h3-6,17H,7-9H2,1-2H3,(H2,15,16). The highest BCUT2D eigenvalue weighted by Crippen LogP contribution is 2.20. The van der Waals surface area contributed by atoms with Gasteiger partial charge in [-0.1, -0.05) is 37.2 Å². The highest BCUT2D eigenvalue weighted by atomic mass is 19.1. The first-order valence-electron chi connectivity index (χ1n) is 5.76. The first-order valence-corrected chi connectivity index (χ1v) is 5.76. The first kappa shape index (κ1) is 14.4. The number of halogens is 1. The average Bonchev–Trinajstić information content (AvgIpc) is 2.35. The lowest BCUT2D eigenvalue weighted by molar-refractivity contribution is 0.101. The van der Waals surface area contributed by atoms with E-state index in [1.54, 1.807) is 18.2 Å². The minimum Gasteiger partial charge on any atom is -0.409 e. The summed E-state index contributed by atoms with van der Waals surface area (Å²) in [6.07, 6.45) is 0.595. The van der Waals surface area contributed by atoms with Crippen LogP contribution >= 0.6 is 0 Å². The Morgan fingerprint density at radius 1 is 1.44 bits per heavy atom. The highest BCUT2D eigenvalue weighted by Gasteiger charge is 2.23. The maximum absolute atomic E-state index is 13.3. The summed E-state index contributed by atoms with van der Waals surface area (Å²) >= 11 is 0. The summed E-state index contributed by atoms with van der Waals surface area (Å²) in [4.78, 5) is 0. The van der Waals surface area contributed by atoms with Crippen molar-refractivity contribution in [3.05, 3.63) is 35.6 Å². The lowest BCUT2D eigenvalue weighted by atomic mass is 9.88. The van der Waals surface area contributed by atoms with Crippen LogP contribution < -0.4 is 5.73 Å². The van der Waals surface area contributed by atoms with E-state index >= 15 is 0 Å². The van der Waals surface area contributed by atoms with Crippen molar-refractivity contribution in [3.8, 4) is 0 Å². The minimum atomic E-state index is -0.440. The largest absolute Gasteiger partial charge is 0.409 e. The number of oxime groups is 1. The smallest absolute Gasteiger partial charge is 0.144 e. The van der Waals surface area contributed by atoms with Crippen molar-refractivity contribution in [1.82, 2.24) is 0 Å². The first-order chi connectivity index (χ1) is 8.47. The third-order valence-corrected chi connectivity index (χ3v) is 2.89. The Morgan fingerprint density at radius 3 is 2.72 bits per heavy atom. The van der Waals surface area contributed by atoms with Crippen LogP contribution in [0.1, 0.15) is 25.8 Å². The molecule has 0 amide bonds. The molecule has 3 N–H and O–H groups in total. The van der Waals surface area contributed by atoms with Gasteiger partial charge in [-0.25, -0.2) is 4.39 Å². The monoisotopic (exact) mass is 254 g/mol. The van der Waals surface area contributed by atoms with Crippen molar-refractivity contribution in [2.24, 2.45) is 16.3 Å². The summed E-state index contributed by atoms with van der Waals surface area (Å²) in [6, 6.07) is 6.49. The SMILES string of the molecule is CC(C)(CCOCc1ccccc1F)C(N)=NO. The molecule has 5 heteroatoms. The second-order valence-corrected chi connectivity index (χ2v) is 4.76. The Labute approximate surface area is 106 Å². The molecule has 0 aliphatic carbocycles. The summed E-state index contributed by atoms with van der Waals surface area (Å²) in [7, 11) is 0. The lowest BCUT2D eigenvalue weighted by Gasteiger charge is -2.22. The van der Waals surface area contributed by atoms with Gasteiger partial charge in [0.05, 0.1) is 6.61 Å². The van der Waals surface area contributed by atoms with Crippen molar-refractivity contribution in [3.63, 3.8) is 0 Å². The number of amidine groups is 1. The fraction of sp³-hybridized carbons (Fsp3) is 0.462. The number of ether oxygens (including phenoxy) is 1. The topological polar surface area (TPSA) is 67.8 Å². The number of rotatable bonds is 6. The molecule has 0 radical (unpaired) electrons. The molecule has 18 heavy (non-hydrogen) atoms. The second kappa shape index (κ2) is 6.35. The molecule has 0 heterocycles. The predicted molar refractivity (Wildman–Crippen MR) is 67.9 cm³/mol. The molecule has 4 nitrogen and oxygen atoms in total. The van der Waals surface area contributed by atoms with Gasteiger partial charge in [-0.15, -0.1) is 0 Å². The quantitative estimate of drug-likeness (QED) is 0.269. The fourth-order valence-electron chi connectivity index (χ4n) is 1.39. The van der Waals surface area contributed by atoms with E-state index in [0.29, 0.717) is 18.6 Å². The zero-order chi connectivity index (χ0) is 13.6. The molecule has 100 valence electrons. The number of hydrogen-bond acceptors (Lipinski definition) is 3. The number of nitrogens with two attached hydrogens (primary N) is 1. The molecule has 0 aliphatic rings. The van der Waals surface area contributed by atoms with Crippen molar-refractivity contribution in [2.75, 3.05) is 6.61 Å². The molecule has 0 spiro atoms. The van der Waals surface area contributed by atoms with Gasteiger partial charge in [0.25, 0.3) is 0 Å². The van der Waals surface area contributed by atoms with Gasteiger partial charge in [0.1, 0.15) is 11.7 Å². The summed E-state index contributed by atoms with van der Waals surface area (Å²) in [5, 5.41) is 11.6. The molecule has 0 saturated carbocycles. The van der Waals surface area contributed by atoms with E-state index in [0.717, 1.165) is 0 Å². The second-order valence-electron chi connectivity index (χ2n) is 4.76. The van der Waals surface area contributed by atoms with Gasteiger partial charge in [0.15, 0.2) is 0 Å². The number of hydrogen-bond donors (Lipinski definition) is 2. The summed E-state index contributed by atoms with van der Waals surface area (Å²) in [6.45, 7) is 4.35. The molecule has 0 fully saturated rings. The van der Waals surface area contributed by atoms with Crippen molar-refractivity contribution < 1.29 is 14.3 Å². The highest BCUT2D eigenvalue weighted by molar-refractivity contribution is 5.85. The van der Waals surface area contributed by atoms with E-state index in [2.05, 4.69) is 5.16 Å². The van der Waals surface area contributed by atoms with E-state index in [4.69, 9.17) is 15.7 Å². The van der Waals surface area contributed by atoms with Gasteiger partial charge in [-0.2, -0.15) is 0 Å². The van der Waals surface area contributed by atoms with Crippen molar-refractivity contribution >= 4 is 5.84 Å². The number of nitrogens with zero attached hydrogens (tertiary/aromatic N) is 1. The molecule has 1 aromatic rings. The molecule has 0 unspecified atom stereocenters. The molecular weight excluding hydrogens is 235 g/mol. The van der Waals surface area contributed by atoms with Gasteiger partial charge >= 0.3 is 0 Å². The Bertz CT molecular complexity index is 419. The van der Waals surface area contributed by atoms with Crippen LogP contribution in [-0.4, -0.2) is 17.6 Å². The van der Waals surface area contributed by atoms with Crippen LogP contribution in [0.25, 0.3) is 0 Å². The Balaban J connectivity index is 2.38. The van der Waals surface area contributed by atoms with Crippen LogP contribution in [0.15, 0.2) is 29.4 Å². The Morgan fingerprint density at radius 2 is 2.11 bits per heavy atom.